The first kappa shape index (κ1) is 17.9. The first-order chi connectivity index (χ1) is 12.0. The third-order valence-corrected chi connectivity index (χ3v) is 6.58. The van der Waals surface area contributed by atoms with E-state index in [9.17, 15) is 18.0 Å². The molecule has 2 aliphatic rings. The Kier molecular flexibility index (Phi) is 5.39. The van der Waals surface area contributed by atoms with E-state index in [-0.39, 0.29) is 24.1 Å². The van der Waals surface area contributed by atoms with Crippen molar-refractivity contribution in [1.82, 2.24) is 9.62 Å². The second-order valence-corrected chi connectivity index (χ2v) is 8.47. The monoisotopic (exact) mass is 365 g/mol. The van der Waals surface area contributed by atoms with Gasteiger partial charge in [-0.15, -0.1) is 0 Å². The molecule has 25 heavy (non-hydrogen) atoms. The number of carbonyl (C=O) groups is 2. The fourth-order valence-corrected chi connectivity index (χ4v) is 4.74. The number of anilines is 1. The Morgan fingerprint density at radius 3 is 2.48 bits per heavy atom. The molecule has 0 aromatic heterocycles. The average Bonchev–Trinajstić information content (AvgIpc) is 3.25. The van der Waals surface area contributed by atoms with Crippen LogP contribution < -0.4 is 10.2 Å². The standard InChI is InChI=1S/C17H23N3O4S/c21-16(18-9-13-25(23,24)19-10-4-5-11-19)15-8-12-20(17(15)22)14-6-2-1-3-7-14/h1-3,6-7,15H,4-5,8-13H2,(H,18,21)/t15-/m0/s1. The summed E-state index contributed by atoms with van der Waals surface area (Å²) in [5, 5.41) is 2.61. The summed E-state index contributed by atoms with van der Waals surface area (Å²) < 4.78 is 25.7. The van der Waals surface area contributed by atoms with Gasteiger partial charge >= 0.3 is 0 Å². The van der Waals surface area contributed by atoms with Gasteiger partial charge in [0, 0.05) is 31.9 Å². The second kappa shape index (κ2) is 7.53. The first-order valence-corrected chi connectivity index (χ1v) is 10.2. The second-order valence-electron chi connectivity index (χ2n) is 6.38. The van der Waals surface area contributed by atoms with Crippen molar-refractivity contribution in [2.75, 3.05) is 36.8 Å². The highest BCUT2D eigenvalue weighted by atomic mass is 32.2. The van der Waals surface area contributed by atoms with E-state index in [0.717, 1.165) is 18.5 Å². The smallest absolute Gasteiger partial charge is 0.239 e. The number of rotatable bonds is 6. The molecule has 2 aliphatic heterocycles. The van der Waals surface area contributed by atoms with E-state index in [2.05, 4.69) is 5.32 Å². The van der Waals surface area contributed by atoms with Crippen LogP contribution in [-0.4, -0.2) is 56.5 Å². The van der Waals surface area contributed by atoms with E-state index in [1.165, 1.54) is 4.31 Å². The highest BCUT2D eigenvalue weighted by Gasteiger charge is 2.37. The van der Waals surface area contributed by atoms with Crippen LogP contribution in [0.4, 0.5) is 5.69 Å². The molecule has 1 atom stereocenters. The summed E-state index contributed by atoms with van der Waals surface area (Å²) in [4.78, 5) is 26.3. The van der Waals surface area contributed by atoms with Gasteiger partial charge in [0.2, 0.25) is 21.8 Å². The van der Waals surface area contributed by atoms with Crippen LogP contribution >= 0.6 is 0 Å². The van der Waals surface area contributed by atoms with E-state index in [0.29, 0.717) is 26.1 Å². The van der Waals surface area contributed by atoms with Gasteiger partial charge < -0.3 is 10.2 Å². The molecule has 0 bridgehead atoms. The van der Waals surface area contributed by atoms with Gasteiger partial charge in [0.15, 0.2) is 0 Å². The number of hydrogen-bond donors (Lipinski definition) is 1. The van der Waals surface area contributed by atoms with Crippen molar-refractivity contribution in [2.45, 2.75) is 19.3 Å². The molecule has 1 aromatic rings. The Labute approximate surface area is 148 Å². The van der Waals surface area contributed by atoms with Gasteiger partial charge in [0.05, 0.1) is 5.75 Å². The molecule has 3 rings (SSSR count). The van der Waals surface area contributed by atoms with E-state index in [1.807, 2.05) is 30.3 Å². The van der Waals surface area contributed by atoms with Gasteiger partial charge in [-0.25, -0.2) is 12.7 Å². The molecule has 136 valence electrons. The van der Waals surface area contributed by atoms with Crippen LogP contribution in [0.3, 0.4) is 0 Å². The molecule has 0 radical (unpaired) electrons. The summed E-state index contributed by atoms with van der Waals surface area (Å²) in [7, 11) is -3.32. The zero-order valence-electron chi connectivity index (χ0n) is 14.1. The third-order valence-electron chi connectivity index (χ3n) is 4.71. The summed E-state index contributed by atoms with van der Waals surface area (Å²) in [6, 6.07) is 9.23. The van der Waals surface area contributed by atoms with Gasteiger partial charge in [-0.2, -0.15) is 0 Å². The molecule has 0 aliphatic carbocycles. The Morgan fingerprint density at radius 2 is 1.80 bits per heavy atom. The van der Waals surface area contributed by atoms with E-state index in [4.69, 9.17) is 0 Å². The summed E-state index contributed by atoms with van der Waals surface area (Å²) in [5.74, 6) is -1.48. The van der Waals surface area contributed by atoms with Gasteiger partial charge in [-0.1, -0.05) is 18.2 Å². The van der Waals surface area contributed by atoms with Crippen LogP contribution in [0.5, 0.6) is 0 Å². The van der Waals surface area contributed by atoms with Gasteiger partial charge in [-0.05, 0) is 31.4 Å². The Bertz CT molecular complexity index is 730. The number of nitrogens with one attached hydrogen (secondary N) is 1. The highest BCUT2D eigenvalue weighted by Crippen LogP contribution is 2.25. The normalized spacial score (nSPS) is 21.7. The fraction of sp³-hybridized carbons (Fsp3) is 0.529. The van der Waals surface area contributed by atoms with Crippen LogP contribution in [0, 0.1) is 5.92 Å². The molecular weight excluding hydrogens is 342 g/mol. The molecule has 2 heterocycles. The van der Waals surface area contributed by atoms with Crippen molar-refractivity contribution in [3.63, 3.8) is 0 Å². The zero-order valence-corrected chi connectivity index (χ0v) is 14.9. The lowest BCUT2D eigenvalue weighted by atomic mass is 10.1. The SMILES string of the molecule is O=C(NCCS(=O)(=O)N1CCCC1)[C@@H]1CCN(c2ccccc2)C1=O. The number of hydrogen-bond acceptors (Lipinski definition) is 4. The molecule has 7 nitrogen and oxygen atoms in total. The fourth-order valence-electron chi connectivity index (χ4n) is 3.31. The average molecular weight is 365 g/mol. The molecule has 2 amide bonds. The molecule has 0 spiro atoms. The number of amides is 2. The highest BCUT2D eigenvalue weighted by molar-refractivity contribution is 7.89. The lowest BCUT2D eigenvalue weighted by Gasteiger charge is -2.17. The van der Waals surface area contributed by atoms with Gasteiger partial charge in [0.1, 0.15) is 5.92 Å². The predicted octanol–water partition coefficient (Wildman–Crippen LogP) is 0.581. The molecule has 2 saturated heterocycles. The third kappa shape index (κ3) is 4.01. The lowest BCUT2D eigenvalue weighted by Crippen LogP contribution is -2.40. The summed E-state index contributed by atoms with van der Waals surface area (Å²) in [5.41, 5.74) is 0.777. The number of nitrogens with zero attached hydrogens (tertiary/aromatic N) is 2. The number of benzene rings is 1. The predicted molar refractivity (Wildman–Crippen MR) is 94.5 cm³/mol. The van der Waals surface area contributed by atoms with Gasteiger partial charge in [-0.3, -0.25) is 9.59 Å². The number of carbonyl (C=O) groups excluding carboxylic acids is 2. The van der Waals surface area contributed by atoms with Crippen LogP contribution in [0.15, 0.2) is 30.3 Å². The van der Waals surface area contributed by atoms with Crippen LogP contribution in [0.2, 0.25) is 0 Å². The summed E-state index contributed by atoms with van der Waals surface area (Å²) >= 11 is 0. The minimum atomic E-state index is -3.32. The van der Waals surface area contributed by atoms with Crippen LogP contribution in [0.1, 0.15) is 19.3 Å². The maximum Gasteiger partial charge on any atom is 0.239 e. The molecular formula is C17H23N3O4S. The number of para-hydroxylation sites is 1. The topological polar surface area (TPSA) is 86.8 Å². The maximum atomic E-state index is 12.5. The summed E-state index contributed by atoms with van der Waals surface area (Å²) in [6.45, 7) is 1.65. The van der Waals surface area contributed by atoms with Crippen molar-refractivity contribution in [2.24, 2.45) is 5.92 Å². The van der Waals surface area contributed by atoms with Crippen molar-refractivity contribution in [3.8, 4) is 0 Å². The van der Waals surface area contributed by atoms with E-state index in [1.54, 1.807) is 4.90 Å². The maximum absolute atomic E-state index is 12.5. The Morgan fingerprint density at radius 1 is 1.12 bits per heavy atom. The zero-order chi connectivity index (χ0) is 17.9. The van der Waals surface area contributed by atoms with Crippen LogP contribution in [-0.2, 0) is 19.6 Å². The summed E-state index contributed by atoms with van der Waals surface area (Å²) in [6.07, 6.45) is 2.22. The van der Waals surface area contributed by atoms with Crippen molar-refractivity contribution < 1.29 is 18.0 Å². The van der Waals surface area contributed by atoms with E-state index >= 15 is 0 Å². The molecule has 8 heteroatoms. The van der Waals surface area contributed by atoms with Crippen molar-refractivity contribution in [3.05, 3.63) is 30.3 Å². The molecule has 0 saturated carbocycles. The molecule has 1 N–H and O–H groups in total. The van der Waals surface area contributed by atoms with Crippen LogP contribution in [0.25, 0.3) is 0 Å². The Hall–Kier alpha value is -1.93. The van der Waals surface area contributed by atoms with Gasteiger partial charge in [0.25, 0.3) is 0 Å². The lowest BCUT2D eigenvalue weighted by molar-refractivity contribution is -0.132. The molecule has 0 unspecified atom stereocenters. The molecule has 1 aromatic carbocycles. The van der Waals surface area contributed by atoms with Crippen molar-refractivity contribution in [1.29, 1.82) is 0 Å². The quantitative estimate of drug-likeness (QED) is 0.747. The minimum Gasteiger partial charge on any atom is -0.354 e. The first-order valence-electron chi connectivity index (χ1n) is 8.61. The minimum absolute atomic E-state index is 0.0345. The van der Waals surface area contributed by atoms with E-state index < -0.39 is 15.9 Å². The Balaban J connectivity index is 1.51. The number of sulfonamides is 1. The van der Waals surface area contributed by atoms with Crippen molar-refractivity contribution >= 4 is 27.5 Å². The molecule has 2 fully saturated rings. The largest absolute Gasteiger partial charge is 0.354 e.